The largest absolute Gasteiger partial charge is 0.506 e. The highest BCUT2D eigenvalue weighted by Crippen LogP contribution is 2.21. The standard InChI is InChI=1S/C17H25N3O3/c21-15-10-5-4-9-14(15)20-16(22)11-6-12-18-17(23)19-13-7-2-1-3-8-13/h4-5,9-10,13,21H,1-3,6-8,11-12H2,(H,20,22)(H2,18,19,23). The number of amides is 3. The van der Waals surface area contributed by atoms with E-state index in [1.54, 1.807) is 18.2 Å². The van der Waals surface area contributed by atoms with Crippen molar-refractivity contribution in [3.8, 4) is 5.75 Å². The molecule has 1 saturated carbocycles. The minimum absolute atomic E-state index is 0.0471. The van der Waals surface area contributed by atoms with Gasteiger partial charge in [0.15, 0.2) is 0 Å². The summed E-state index contributed by atoms with van der Waals surface area (Å²) in [4.78, 5) is 23.5. The van der Waals surface area contributed by atoms with Crippen molar-refractivity contribution in [3.05, 3.63) is 24.3 Å². The zero-order valence-electron chi connectivity index (χ0n) is 13.3. The zero-order valence-corrected chi connectivity index (χ0v) is 13.3. The number of phenols is 1. The van der Waals surface area contributed by atoms with Gasteiger partial charge < -0.3 is 21.1 Å². The van der Waals surface area contributed by atoms with Crippen molar-refractivity contribution in [3.63, 3.8) is 0 Å². The number of phenolic OH excluding ortho intramolecular Hbond substituents is 1. The summed E-state index contributed by atoms with van der Waals surface area (Å²) in [6.45, 7) is 0.451. The molecule has 0 atom stereocenters. The number of benzene rings is 1. The second kappa shape index (κ2) is 9.02. The van der Waals surface area contributed by atoms with Crippen LogP contribution < -0.4 is 16.0 Å². The molecule has 0 saturated heterocycles. The number of hydrogen-bond donors (Lipinski definition) is 4. The Morgan fingerprint density at radius 1 is 1.13 bits per heavy atom. The van der Waals surface area contributed by atoms with Crippen molar-refractivity contribution >= 4 is 17.6 Å². The monoisotopic (exact) mass is 319 g/mol. The topological polar surface area (TPSA) is 90.5 Å². The third-order valence-corrected chi connectivity index (χ3v) is 3.98. The minimum Gasteiger partial charge on any atom is -0.506 e. The number of nitrogens with one attached hydrogen (secondary N) is 3. The van der Waals surface area contributed by atoms with Crippen LogP contribution in [0.15, 0.2) is 24.3 Å². The fraction of sp³-hybridized carbons (Fsp3) is 0.529. The number of aromatic hydroxyl groups is 1. The Labute approximate surface area is 136 Å². The number of carbonyl (C=O) groups excluding carboxylic acids is 2. The summed E-state index contributed by atoms with van der Waals surface area (Å²) in [6.07, 6.45) is 6.56. The Kier molecular flexibility index (Phi) is 6.72. The van der Waals surface area contributed by atoms with E-state index in [0.29, 0.717) is 18.7 Å². The molecule has 3 amide bonds. The number of hydrogen-bond acceptors (Lipinski definition) is 3. The molecule has 0 heterocycles. The lowest BCUT2D eigenvalue weighted by Crippen LogP contribution is -2.43. The molecule has 1 aliphatic rings. The molecule has 1 fully saturated rings. The van der Waals surface area contributed by atoms with E-state index < -0.39 is 0 Å². The molecule has 0 aromatic heterocycles. The molecule has 0 unspecified atom stereocenters. The smallest absolute Gasteiger partial charge is 0.315 e. The van der Waals surface area contributed by atoms with Gasteiger partial charge in [-0.1, -0.05) is 31.4 Å². The van der Waals surface area contributed by atoms with Gasteiger partial charge in [0.05, 0.1) is 5.69 Å². The zero-order chi connectivity index (χ0) is 16.5. The SMILES string of the molecule is O=C(CCCNC(=O)NC1CCCCC1)Nc1ccccc1O. The van der Waals surface area contributed by atoms with E-state index in [1.165, 1.54) is 25.3 Å². The molecule has 6 heteroatoms. The number of anilines is 1. The molecule has 0 bridgehead atoms. The Morgan fingerprint density at radius 2 is 1.87 bits per heavy atom. The molecule has 1 aromatic carbocycles. The minimum atomic E-state index is -0.180. The van der Waals surface area contributed by atoms with E-state index in [2.05, 4.69) is 16.0 Å². The first-order valence-electron chi connectivity index (χ1n) is 8.27. The molecule has 6 nitrogen and oxygen atoms in total. The van der Waals surface area contributed by atoms with Gasteiger partial charge in [-0.15, -0.1) is 0 Å². The van der Waals surface area contributed by atoms with Crippen molar-refractivity contribution in [2.45, 2.75) is 51.0 Å². The molecule has 126 valence electrons. The van der Waals surface area contributed by atoms with Crippen LogP contribution in [0.2, 0.25) is 0 Å². The van der Waals surface area contributed by atoms with Gasteiger partial charge in [-0.05, 0) is 31.4 Å². The summed E-state index contributed by atoms with van der Waals surface area (Å²) in [5.41, 5.74) is 0.403. The summed E-state index contributed by atoms with van der Waals surface area (Å²) < 4.78 is 0. The van der Waals surface area contributed by atoms with Crippen molar-refractivity contribution in [2.24, 2.45) is 0 Å². The highest BCUT2D eigenvalue weighted by atomic mass is 16.3. The van der Waals surface area contributed by atoms with Crippen LogP contribution in [0.4, 0.5) is 10.5 Å². The highest BCUT2D eigenvalue weighted by molar-refractivity contribution is 5.92. The van der Waals surface area contributed by atoms with Crippen molar-refractivity contribution in [1.82, 2.24) is 10.6 Å². The highest BCUT2D eigenvalue weighted by Gasteiger charge is 2.15. The summed E-state index contributed by atoms with van der Waals surface area (Å²) in [5.74, 6) is -0.133. The van der Waals surface area contributed by atoms with Crippen LogP contribution in [0, 0.1) is 0 Å². The van der Waals surface area contributed by atoms with Gasteiger partial charge >= 0.3 is 6.03 Å². The predicted molar refractivity (Wildman–Crippen MR) is 89.4 cm³/mol. The maximum Gasteiger partial charge on any atom is 0.315 e. The number of carbonyl (C=O) groups is 2. The lowest BCUT2D eigenvalue weighted by molar-refractivity contribution is -0.116. The van der Waals surface area contributed by atoms with Gasteiger partial charge in [0.25, 0.3) is 0 Å². The molecule has 0 radical (unpaired) electrons. The second-order valence-electron chi connectivity index (χ2n) is 5.90. The molecule has 1 aromatic rings. The Morgan fingerprint density at radius 3 is 2.61 bits per heavy atom. The van der Waals surface area contributed by atoms with Gasteiger partial charge in [0, 0.05) is 19.0 Å². The van der Waals surface area contributed by atoms with Crippen molar-refractivity contribution < 1.29 is 14.7 Å². The van der Waals surface area contributed by atoms with E-state index in [-0.39, 0.29) is 30.2 Å². The van der Waals surface area contributed by atoms with Gasteiger partial charge in [0.2, 0.25) is 5.91 Å². The van der Waals surface area contributed by atoms with Crippen molar-refractivity contribution in [1.29, 1.82) is 0 Å². The molecule has 0 aliphatic heterocycles. The maximum atomic E-state index is 11.8. The summed E-state index contributed by atoms with van der Waals surface area (Å²) in [5, 5.41) is 18.0. The Bertz CT molecular complexity index is 528. The number of para-hydroxylation sites is 2. The van der Waals surface area contributed by atoms with Crippen LogP contribution in [-0.4, -0.2) is 29.6 Å². The first-order valence-corrected chi connectivity index (χ1v) is 8.27. The van der Waals surface area contributed by atoms with Crippen LogP contribution in [0.3, 0.4) is 0 Å². The first-order chi connectivity index (χ1) is 11.1. The summed E-state index contributed by atoms with van der Waals surface area (Å²) >= 11 is 0. The lowest BCUT2D eigenvalue weighted by Gasteiger charge is -2.22. The second-order valence-corrected chi connectivity index (χ2v) is 5.90. The first kappa shape index (κ1) is 17.1. The summed E-state index contributed by atoms with van der Waals surface area (Å²) in [6, 6.07) is 6.73. The normalized spacial score (nSPS) is 15.0. The molecule has 0 spiro atoms. The van der Waals surface area contributed by atoms with Crippen LogP contribution in [0.25, 0.3) is 0 Å². The van der Waals surface area contributed by atoms with E-state index in [9.17, 15) is 14.7 Å². The van der Waals surface area contributed by atoms with E-state index >= 15 is 0 Å². The average Bonchev–Trinajstić information content (AvgIpc) is 2.55. The molecule has 1 aliphatic carbocycles. The average molecular weight is 319 g/mol. The van der Waals surface area contributed by atoms with Gasteiger partial charge in [0.1, 0.15) is 5.75 Å². The van der Waals surface area contributed by atoms with Crippen LogP contribution in [0.5, 0.6) is 5.75 Å². The van der Waals surface area contributed by atoms with Crippen molar-refractivity contribution in [2.75, 3.05) is 11.9 Å². The lowest BCUT2D eigenvalue weighted by atomic mass is 9.96. The molecular weight excluding hydrogens is 294 g/mol. The quantitative estimate of drug-likeness (QED) is 0.480. The summed E-state index contributed by atoms with van der Waals surface area (Å²) in [7, 11) is 0. The van der Waals surface area contributed by atoms with Gasteiger partial charge in [-0.25, -0.2) is 4.79 Å². The van der Waals surface area contributed by atoms with E-state index in [1.807, 2.05) is 0 Å². The number of rotatable bonds is 6. The Balaban J connectivity index is 1.58. The third-order valence-electron chi connectivity index (χ3n) is 3.98. The fourth-order valence-electron chi connectivity index (χ4n) is 2.73. The molecular formula is C17H25N3O3. The van der Waals surface area contributed by atoms with Crippen LogP contribution in [-0.2, 0) is 4.79 Å². The third kappa shape index (κ3) is 6.18. The van der Waals surface area contributed by atoms with Gasteiger partial charge in [-0.2, -0.15) is 0 Å². The molecule has 4 N–H and O–H groups in total. The molecule has 23 heavy (non-hydrogen) atoms. The molecule has 2 rings (SSSR count). The fourth-order valence-corrected chi connectivity index (χ4v) is 2.73. The number of urea groups is 1. The predicted octanol–water partition coefficient (Wildman–Crippen LogP) is 2.74. The van der Waals surface area contributed by atoms with E-state index in [4.69, 9.17) is 0 Å². The van der Waals surface area contributed by atoms with Crippen LogP contribution >= 0.6 is 0 Å². The maximum absolute atomic E-state index is 11.8. The van der Waals surface area contributed by atoms with E-state index in [0.717, 1.165) is 12.8 Å². The Hall–Kier alpha value is -2.24. The van der Waals surface area contributed by atoms with Crippen LogP contribution in [0.1, 0.15) is 44.9 Å². The van der Waals surface area contributed by atoms with Gasteiger partial charge in [-0.3, -0.25) is 4.79 Å².